The molecule has 13 heavy (non-hydrogen) atoms. The van der Waals surface area contributed by atoms with Crippen molar-refractivity contribution in [3.8, 4) is 0 Å². The van der Waals surface area contributed by atoms with E-state index in [1.165, 1.54) is 0 Å². The van der Waals surface area contributed by atoms with Crippen LogP contribution < -0.4 is 0 Å². The van der Waals surface area contributed by atoms with E-state index in [4.69, 9.17) is 0 Å². The fourth-order valence-electron chi connectivity index (χ4n) is 1.30. The number of Topliss-reactive ketones (excluding diaryl/α,β-unsaturated/α-hetero) is 1. The Morgan fingerprint density at radius 1 is 1.38 bits per heavy atom. The first kappa shape index (κ1) is 10.2. The molecule has 0 aromatic heterocycles. The predicted molar refractivity (Wildman–Crippen MR) is 48.2 cm³/mol. The maximum absolute atomic E-state index is 11.3. The molecule has 0 aromatic rings. The number of rotatable bonds is 5. The van der Waals surface area contributed by atoms with E-state index >= 15 is 0 Å². The number of carbonyl (C=O) groups excluding carboxylic acids is 2. The zero-order valence-electron chi connectivity index (χ0n) is 8.26. The van der Waals surface area contributed by atoms with Gasteiger partial charge >= 0.3 is 5.97 Å². The third-order valence-electron chi connectivity index (χ3n) is 2.37. The lowest BCUT2D eigenvalue weighted by molar-refractivity contribution is -0.145. The molecule has 3 heteroatoms. The summed E-state index contributed by atoms with van der Waals surface area (Å²) in [5.41, 5.74) is 0.198. The van der Waals surface area contributed by atoms with Crippen molar-refractivity contribution in [2.45, 2.75) is 39.5 Å². The predicted octanol–water partition coefficient (Wildman–Crippen LogP) is 1.70. The molecule has 0 radical (unpaired) electrons. The number of ether oxygens (including phenoxy) is 1. The molecule has 0 N–H and O–H groups in total. The molecule has 74 valence electrons. The van der Waals surface area contributed by atoms with Gasteiger partial charge in [-0.2, -0.15) is 0 Å². The Kier molecular flexibility index (Phi) is 3.07. The van der Waals surface area contributed by atoms with Crippen molar-refractivity contribution >= 4 is 11.8 Å². The van der Waals surface area contributed by atoms with Crippen LogP contribution in [0.15, 0.2) is 0 Å². The largest absolute Gasteiger partial charge is 0.466 e. The summed E-state index contributed by atoms with van der Waals surface area (Å²) >= 11 is 0. The van der Waals surface area contributed by atoms with Gasteiger partial charge in [-0.3, -0.25) is 9.59 Å². The van der Waals surface area contributed by atoms with E-state index in [1.807, 2.05) is 0 Å². The van der Waals surface area contributed by atoms with Gasteiger partial charge in [0, 0.05) is 6.42 Å². The van der Waals surface area contributed by atoms with E-state index in [1.54, 1.807) is 6.92 Å². The molecule has 1 fully saturated rings. The summed E-state index contributed by atoms with van der Waals surface area (Å²) in [5, 5.41) is 0. The molecule has 1 rings (SSSR count). The molecular formula is C10H16O3. The van der Waals surface area contributed by atoms with Crippen LogP contribution in [0.3, 0.4) is 0 Å². The van der Waals surface area contributed by atoms with Gasteiger partial charge in [0.1, 0.15) is 12.2 Å². The minimum absolute atomic E-state index is 0.0125. The van der Waals surface area contributed by atoms with Gasteiger partial charge in [-0.05, 0) is 25.2 Å². The molecule has 0 unspecified atom stereocenters. The Hall–Kier alpha value is -0.860. The molecule has 0 heterocycles. The highest BCUT2D eigenvalue weighted by Crippen LogP contribution is 2.48. The first-order valence-corrected chi connectivity index (χ1v) is 4.73. The van der Waals surface area contributed by atoms with E-state index in [0.29, 0.717) is 13.0 Å². The maximum Gasteiger partial charge on any atom is 0.313 e. The zero-order chi connectivity index (χ0) is 9.90. The summed E-state index contributed by atoms with van der Waals surface area (Å²) in [6.07, 6.45) is 2.71. The third-order valence-corrected chi connectivity index (χ3v) is 2.37. The molecule has 0 atom stereocenters. The fourth-order valence-corrected chi connectivity index (χ4v) is 1.30. The number of hydrogen-bond acceptors (Lipinski definition) is 3. The minimum Gasteiger partial charge on any atom is -0.466 e. The average Bonchev–Trinajstić information content (AvgIpc) is 2.67. The summed E-state index contributed by atoms with van der Waals surface area (Å²) in [7, 11) is 0. The molecule has 1 saturated carbocycles. The van der Waals surface area contributed by atoms with Crippen LogP contribution in [0.5, 0.6) is 0 Å². The molecule has 1 aliphatic rings. The van der Waals surface area contributed by atoms with Crippen molar-refractivity contribution in [2.75, 3.05) is 6.61 Å². The van der Waals surface area contributed by atoms with Crippen LogP contribution in [0.4, 0.5) is 0 Å². The molecule has 3 nitrogen and oxygen atoms in total. The van der Waals surface area contributed by atoms with Crippen LogP contribution in [0.2, 0.25) is 0 Å². The van der Waals surface area contributed by atoms with Gasteiger partial charge in [-0.15, -0.1) is 0 Å². The molecule has 0 saturated heterocycles. The SMILES string of the molecule is CCOC(=O)CC(=O)CC1(C)CC1. The Bertz CT molecular complexity index is 216. The van der Waals surface area contributed by atoms with Crippen LogP contribution in [-0.4, -0.2) is 18.4 Å². The molecule has 0 bridgehead atoms. The van der Waals surface area contributed by atoms with E-state index < -0.39 is 5.97 Å². The lowest BCUT2D eigenvalue weighted by Crippen LogP contribution is -2.13. The summed E-state index contributed by atoms with van der Waals surface area (Å²) in [6, 6.07) is 0. The average molecular weight is 184 g/mol. The first-order valence-electron chi connectivity index (χ1n) is 4.73. The fraction of sp³-hybridized carbons (Fsp3) is 0.800. The van der Waals surface area contributed by atoms with Gasteiger partial charge in [0.05, 0.1) is 6.61 Å². The molecule has 0 amide bonds. The number of carbonyl (C=O) groups is 2. The molecular weight excluding hydrogens is 168 g/mol. The van der Waals surface area contributed by atoms with E-state index in [0.717, 1.165) is 12.8 Å². The van der Waals surface area contributed by atoms with Gasteiger partial charge in [0.25, 0.3) is 0 Å². The highest BCUT2D eigenvalue weighted by molar-refractivity contribution is 5.95. The van der Waals surface area contributed by atoms with Gasteiger partial charge in [-0.1, -0.05) is 6.92 Å². The van der Waals surface area contributed by atoms with Crippen LogP contribution in [0, 0.1) is 5.41 Å². The topological polar surface area (TPSA) is 43.4 Å². The number of ketones is 1. The summed E-state index contributed by atoms with van der Waals surface area (Å²) in [4.78, 5) is 22.2. The highest BCUT2D eigenvalue weighted by Gasteiger charge is 2.39. The molecule has 0 aliphatic heterocycles. The second-order valence-electron chi connectivity index (χ2n) is 4.01. The molecule has 0 spiro atoms. The summed E-state index contributed by atoms with van der Waals surface area (Å²) in [6.45, 7) is 4.17. The highest BCUT2D eigenvalue weighted by atomic mass is 16.5. The lowest BCUT2D eigenvalue weighted by Gasteiger charge is -2.05. The number of hydrogen-bond donors (Lipinski definition) is 0. The monoisotopic (exact) mass is 184 g/mol. The maximum atomic E-state index is 11.3. The van der Waals surface area contributed by atoms with Crippen molar-refractivity contribution in [3.05, 3.63) is 0 Å². The van der Waals surface area contributed by atoms with E-state index in [2.05, 4.69) is 11.7 Å². The Morgan fingerprint density at radius 3 is 2.46 bits per heavy atom. The van der Waals surface area contributed by atoms with Gasteiger partial charge in [0.2, 0.25) is 0 Å². The zero-order valence-corrected chi connectivity index (χ0v) is 8.26. The van der Waals surface area contributed by atoms with Crippen molar-refractivity contribution in [1.29, 1.82) is 0 Å². The first-order chi connectivity index (χ1) is 6.06. The van der Waals surface area contributed by atoms with E-state index in [-0.39, 0.29) is 17.6 Å². The van der Waals surface area contributed by atoms with Gasteiger partial charge < -0.3 is 4.74 Å². The third kappa shape index (κ3) is 3.57. The second kappa shape index (κ2) is 3.90. The van der Waals surface area contributed by atoms with Crippen molar-refractivity contribution < 1.29 is 14.3 Å². The minimum atomic E-state index is -0.392. The number of esters is 1. The van der Waals surface area contributed by atoms with Crippen LogP contribution >= 0.6 is 0 Å². The normalized spacial score (nSPS) is 18.0. The summed E-state index contributed by atoms with van der Waals surface area (Å²) < 4.78 is 4.69. The Labute approximate surface area is 78.5 Å². The quantitative estimate of drug-likeness (QED) is 0.482. The van der Waals surface area contributed by atoms with Crippen molar-refractivity contribution in [1.82, 2.24) is 0 Å². The van der Waals surface area contributed by atoms with Crippen molar-refractivity contribution in [2.24, 2.45) is 5.41 Å². The van der Waals surface area contributed by atoms with Crippen LogP contribution in [0.1, 0.15) is 39.5 Å². The Balaban J connectivity index is 2.21. The van der Waals surface area contributed by atoms with Crippen molar-refractivity contribution in [3.63, 3.8) is 0 Å². The van der Waals surface area contributed by atoms with Crippen LogP contribution in [-0.2, 0) is 14.3 Å². The molecule has 0 aromatic carbocycles. The molecule has 1 aliphatic carbocycles. The van der Waals surface area contributed by atoms with Crippen LogP contribution in [0.25, 0.3) is 0 Å². The summed E-state index contributed by atoms with van der Waals surface area (Å²) in [5.74, 6) is -0.379. The van der Waals surface area contributed by atoms with Gasteiger partial charge in [-0.25, -0.2) is 0 Å². The standard InChI is InChI=1S/C10H16O3/c1-3-13-9(12)6-8(11)7-10(2)4-5-10/h3-7H2,1-2H3. The van der Waals surface area contributed by atoms with E-state index in [9.17, 15) is 9.59 Å². The Morgan fingerprint density at radius 2 is 2.00 bits per heavy atom. The smallest absolute Gasteiger partial charge is 0.313 e. The van der Waals surface area contributed by atoms with Gasteiger partial charge in [0.15, 0.2) is 0 Å². The second-order valence-corrected chi connectivity index (χ2v) is 4.01. The lowest BCUT2D eigenvalue weighted by atomic mass is 10.0.